The Balaban J connectivity index is 1.41. The van der Waals surface area contributed by atoms with Crippen molar-refractivity contribution in [1.29, 1.82) is 0 Å². The summed E-state index contributed by atoms with van der Waals surface area (Å²) in [5.41, 5.74) is 5.93. The molecule has 0 aliphatic carbocycles. The minimum Gasteiger partial charge on any atom is -0.481 e. The fraction of sp³-hybridized carbons (Fsp3) is 0.278. The molecule has 226 valence electrons. The molecule has 2 N–H and O–H groups in total. The van der Waals surface area contributed by atoms with Gasteiger partial charge in [-0.2, -0.15) is 0 Å². The van der Waals surface area contributed by atoms with Crippen molar-refractivity contribution in [3.05, 3.63) is 114 Å². The second-order valence-electron chi connectivity index (χ2n) is 11.2. The van der Waals surface area contributed by atoms with Crippen molar-refractivity contribution in [2.75, 3.05) is 29.9 Å². The first-order chi connectivity index (χ1) is 21.5. The van der Waals surface area contributed by atoms with Crippen LogP contribution in [0.1, 0.15) is 53.6 Å². The summed E-state index contributed by atoms with van der Waals surface area (Å²) < 4.78 is 0. The molecule has 0 unspecified atom stereocenters. The van der Waals surface area contributed by atoms with Crippen molar-refractivity contribution in [3.63, 3.8) is 0 Å². The van der Waals surface area contributed by atoms with E-state index < -0.39 is 5.97 Å². The average Bonchev–Trinajstić information content (AvgIpc) is 3.33. The van der Waals surface area contributed by atoms with Gasteiger partial charge in [0.1, 0.15) is 0 Å². The van der Waals surface area contributed by atoms with Gasteiger partial charge in [-0.3, -0.25) is 19.4 Å². The second kappa shape index (κ2) is 15.0. The monoisotopic (exact) mass is 590 g/mol. The van der Waals surface area contributed by atoms with Crippen molar-refractivity contribution in [2.45, 2.75) is 45.1 Å². The zero-order valence-electron chi connectivity index (χ0n) is 24.8. The van der Waals surface area contributed by atoms with Gasteiger partial charge in [0.05, 0.1) is 29.8 Å². The van der Waals surface area contributed by atoms with Crippen molar-refractivity contribution >= 4 is 29.2 Å². The molecular formula is C36H38N4O4. The van der Waals surface area contributed by atoms with Gasteiger partial charge in [-0.25, -0.2) is 0 Å². The van der Waals surface area contributed by atoms with E-state index in [1.807, 2.05) is 60.7 Å². The quantitative estimate of drug-likeness (QED) is 0.209. The summed E-state index contributed by atoms with van der Waals surface area (Å²) >= 11 is 0. The number of carbonyl (C=O) groups is 3. The largest absolute Gasteiger partial charge is 0.481 e. The SMILES string of the molecule is O=C(O)CCN(Cc1cccc(-c2ccc(N3CCCCCC3)c(NC(=O)Cc3ccccc3)c2)c1)C(=O)c1cccnc1. The molecule has 2 amide bonds. The lowest BCUT2D eigenvalue weighted by atomic mass is 10.0. The maximum Gasteiger partial charge on any atom is 0.305 e. The first kappa shape index (κ1) is 30.5. The Bertz CT molecular complexity index is 1570. The lowest BCUT2D eigenvalue weighted by molar-refractivity contribution is -0.137. The van der Waals surface area contributed by atoms with E-state index in [0.29, 0.717) is 5.56 Å². The maximum atomic E-state index is 13.3. The van der Waals surface area contributed by atoms with Crippen molar-refractivity contribution in [3.8, 4) is 11.1 Å². The smallest absolute Gasteiger partial charge is 0.305 e. The van der Waals surface area contributed by atoms with Gasteiger partial charge in [0.15, 0.2) is 0 Å². The Kier molecular flexibility index (Phi) is 10.4. The average molecular weight is 591 g/mol. The minimum atomic E-state index is -0.964. The number of rotatable bonds is 11. The van der Waals surface area contributed by atoms with E-state index in [0.717, 1.165) is 59.6 Å². The van der Waals surface area contributed by atoms with Crippen LogP contribution < -0.4 is 10.2 Å². The molecule has 1 aliphatic rings. The van der Waals surface area contributed by atoms with Crippen molar-refractivity contribution in [2.24, 2.45) is 0 Å². The zero-order chi connectivity index (χ0) is 30.7. The Labute approximate surface area is 258 Å². The number of carboxylic acids is 1. The molecule has 1 fully saturated rings. The van der Waals surface area contributed by atoms with E-state index in [2.05, 4.69) is 27.3 Å². The standard InChI is InChI=1S/C36H38N4O4/c41-34(23-27-10-4-3-5-11-27)38-32-24-30(15-16-33(32)39-19-6-1-2-7-20-39)29-13-8-12-28(22-29)26-40(21-17-35(42)43)36(44)31-14-9-18-37-25-31/h3-5,8-16,18,22,24-25H,1-2,6-7,17,19-21,23,26H2,(H,38,41)(H,42,43). The first-order valence-electron chi connectivity index (χ1n) is 15.2. The number of hydrogen-bond acceptors (Lipinski definition) is 5. The van der Waals surface area contributed by atoms with Crippen LogP contribution in [0.5, 0.6) is 0 Å². The summed E-state index contributed by atoms with van der Waals surface area (Å²) in [5, 5.41) is 12.5. The van der Waals surface area contributed by atoms with Crippen LogP contribution >= 0.6 is 0 Å². The number of carboxylic acid groups (broad SMARTS) is 1. The highest BCUT2D eigenvalue weighted by molar-refractivity contribution is 5.97. The van der Waals surface area contributed by atoms with Crippen molar-refractivity contribution < 1.29 is 19.5 Å². The van der Waals surface area contributed by atoms with Crippen LogP contribution in [0.25, 0.3) is 11.1 Å². The number of hydrogen-bond donors (Lipinski definition) is 2. The topological polar surface area (TPSA) is 103 Å². The van der Waals surface area contributed by atoms with Crippen LogP contribution in [0, 0.1) is 0 Å². The number of aliphatic carboxylic acids is 1. The molecule has 8 nitrogen and oxygen atoms in total. The highest BCUT2D eigenvalue weighted by atomic mass is 16.4. The summed E-state index contributed by atoms with van der Waals surface area (Å²) in [7, 11) is 0. The summed E-state index contributed by atoms with van der Waals surface area (Å²) in [6.07, 6.45) is 7.89. The van der Waals surface area contributed by atoms with Crippen LogP contribution in [0.15, 0.2) is 97.3 Å². The first-order valence-corrected chi connectivity index (χ1v) is 15.2. The molecule has 1 saturated heterocycles. The summed E-state index contributed by atoms with van der Waals surface area (Å²) in [6.45, 7) is 2.23. The molecule has 44 heavy (non-hydrogen) atoms. The third-order valence-corrected chi connectivity index (χ3v) is 7.85. The minimum absolute atomic E-state index is 0.0684. The van der Waals surface area contributed by atoms with Gasteiger partial charge < -0.3 is 20.2 Å². The predicted octanol–water partition coefficient (Wildman–Crippen LogP) is 6.43. The van der Waals surface area contributed by atoms with Gasteiger partial charge in [0.25, 0.3) is 5.91 Å². The molecule has 2 heterocycles. The molecule has 0 atom stereocenters. The van der Waals surface area contributed by atoms with E-state index in [1.54, 1.807) is 23.2 Å². The summed E-state index contributed by atoms with van der Waals surface area (Å²) in [4.78, 5) is 45.7. The van der Waals surface area contributed by atoms with Crippen molar-refractivity contribution in [1.82, 2.24) is 9.88 Å². The number of amides is 2. The van der Waals surface area contributed by atoms with Gasteiger partial charge >= 0.3 is 5.97 Å². The Morgan fingerprint density at radius 1 is 0.818 bits per heavy atom. The van der Waals surface area contributed by atoms with Crippen LogP contribution in [-0.4, -0.2) is 52.4 Å². The Morgan fingerprint density at radius 2 is 1.57 bits per heavy atom. The van der Waals surface area contributed by atoms with E-state index >= 15 is 0 Å². The van der Waals surface area contributed by atoms with Gasteiger partial charge in [-0.15, -0.1) is 0 Å². The second-order valence-corrected chi connectivity index (χ2v) is 11.2. The Morgan fingerprint density at radius 3 is 2.30 bits per heavy atom. The van der Waals surface area contributed by atoms with E-state index in [9.17, 15) is 19.5 Å². The molecule has 0 radical (unpaired) electrons. The van der Waals surface area contributed by atoms with Gasteiger partial charge in [-0.05, 0) is 65.4 Å². The van der Waals surface area contributed by atoms with Crippen LogP contribution in [0.2, 0.25) is 0 Å². The molecule has 1 aliphatic heterocycles. The van der Waals surface area contributed by atoms with E-state index in [1.165, 1.54) is 19.0 Å². The third kappa shape index (κ3) is 8.31. The number of nitrogens with zero attached hydrogens (tertiary/aromatic N) is 3. The molecule has 0 spiro atoms. The number of carbonyl (C=O) groups excluding carboxylic acids is 2. The molecule has 3 aromatic carbocycles. The predicted molar refractivity (Wildman–Crippen MR) is 173 cm³/mol. The highest BCUT2D eigenvalue weighted by Crippen LogP contribution is 2.34. The lowest BCUT2D eigenvalue weighted by Gasteiger charge is -2.26. The number of benzene rings is 3. The maximum absolute atomic E-state index is 13.3. The van der Waals surface area contributed by atoms with E-state index in [4.69, 9.17) is 0 Å². The number of pyridine rings is 1. The fourth-order valence-corrected chi connectivity index (χ4v) is 5.60. The number of nitrogens with one attached hydrogen (secondary N) is 1. The van der Waals surface area contributed by atoms with E-state index in [-0.39, 0.29) is 37.7 Å². The summed E-state index contributed by atoms with van der Waals surface area (Å²) in [6, 6.07) is 27.2. The summed E-state index contributed by atoms with van der Waals surface area (Å²) in [5.74, 6) is -1.30. The highest BCUT2D eigenvalue weighted by Gasteiger charge is 2.19. The van der Waals surface area contributed by atoms with Crippen LogP contribution in [0.3, 0.4) is 0 Å². The number of anilines is 2. The molecule has 1 aromatic heterocycles. The third-order valence-electron chi connectivity index (χ3n) is 7.85. The molecule has 0 bridgehead atoms. The number of aromatic nitrogens is 1. The lowest BCUT2D eigenvalue weighted by Crippen LogP contribution is -2.32. The van der Waals surface area contributed by atoms with Gasteiger partial charge in [0, 0.05) is 38.6 Å². The molecule has 8 heteroatoms. The normalized spacial score (nSPS) is 13.1. The molecule has 0 saturated carbocycles. The Hall–Kier alpha value is -4.98. The van der Waals surface area contributed by atoms with Crippen LogP contribution in [0.4, 0.5) is 11.4 Å². The van der Waals surface area contributed by atoms with Gasteiger partial charge in [-0.1, -0.05) is 67.4 Å². The van der Waals surface area contributed by atoms with Crippen LogP contribution in [-0.2, 0) is 22.6 Å². The molecular weight excluding hydrogens is 552 g/mol. The zero-order valence-corrected chi connectivity index (χ0v) is 24.8. The molecule has 4 aromatic rings. The van der Waals surface area contributed by atoms with Gasteiger partial charge in [0.2, 0.25) is 5.91 Å². The molecule has 5 rings (SSSR count). The fourth-order valence-electron chi connectivity index (χ4n) is 5.60.